The minimum absolute atomic E-state index is 0.0304. The summed E-state index contributed by atoms with van der Waals surface area (Å²) in [5.41, 5.74) is -0.355. The van der Waals surface area contributed by atoms with Crippen LogP contribution in [0.4, 0.5) is 0 Å². The van der Waals surface area contributed by atoms with Crippen molar-refractivity contribution >= 4 is 23.5 Å². The predicted octanol–water partition coefficient (Wildman–Crippen LogP) is 1.89. The molecule has 1 rings (SSSR count). The van der Waals surface area contributed by atoms with Crippen molar-refractivity contribution in [2.75, 3.05) is 20.8 Å². The van der Waals surface area contributed by atoms with Crippen molar-refractivity contribution in [3.8, 4) is 5.75 Å². The Morgan fingerprint density at radius 2 is 2.05 bits per heavy atom. The fourth-order valence-corrected chi connectivity index (χ4v) is 2.42. The van der Waals surface area contributed by atoms with Crippen LogP contribution in [-0.2, 0) is 20.7 Å². The molecule has 0 spiro atoms. The molecule has 6 nitrogen and oxygen atoms in total. The molecule has 7 heteroatoms. The number of amides is 1. The van der Waals surface area contributed by atoms with E-state index in [1.165, 1.54) is 14.2 Å². The van der Waals surface area contributed by atoms with Gasteiger partial charge in [0.2, 0.25) is 5.91 Å². The van der Waals surface area contributed by atoms with E-state index in [4.69, 9.17) is 26.2 Å². The van der Waals surface area contributed by atoms with Gasteiger partial charge in [-0.05, 0) is 25.1 Å². The van der Waals surface area contributed by atoms with Crippen LogP contribution < -0.4 is 10.1 Å². The Bertz CT molecular complexity index is 549. The van der Waals surface area contributed by atoms with Gasteiger partial charge in [-0.15, -0.1) is 0 Å². The molecular formula is C15H20ClNO5. The van der Waals surface area contributed by atoms with Gasteiger partial charge >= 0.3 is 5.97 Å². The van der Waals surface area contributed by atoms with E-state index < -0.39 is 11.5 Å². The van der Waals surface area contributed by atoms with Crippen LogP contribution in [0.2, 0.25) is 5.02 Å². The lowest BCUT2D eigenvalue weighted by Crippen LogP contribution is -2.51. The summed E-state index contributed by atoms with van der Waals surface area (Å²) in [5.74, 6) is -0.798. The highest BCUT2D eigenvalue weighted by Gasteiger charge is 2.29. The number of carboxylic acid groups (broad SMARTS) is 1. The first kappa shape index (κ1) is 18.3. The minimum Gasteiger partial charge on any atom is -0.496 e. The lowest BCUT2D eigenvalue weighted by Gasteiger charge is -2.28. The highest BCUT2D eigenvalue weighted by Crippen LogP contribution is 2.23. The van der Waals surface area contributed by atoms with Gasteiger partial charge < -0.3 is 19.9 Å². The van der Waals surface area contributed by atoms with Crippen molar-refractivity contribution in [3.63, 3.8) is 0 Å². The van der Waals surface area contributed by atoms with Crippen molar-refractivity contribution in [1.82, 2.24) is 5.32 Å². The third-order valence-corrected chi connectivity index (χ3v) is 3.27. The van der Waals surface area contributed by atoms with Crippen LogP contribution in [-0.4, -0.2) is 43.3 Å². The summed E-state index contributed by atoms with van der Waals surface area (Å²) in [4.78, 5) is 23.1. The van der Waals surface area contributed by atoms with E-state index in [-0.39, 0.29) is 25.4 Å². The van der Waals surface area contributed by atoms with Crippen LogP contribution in [0.5, 0.6) is 5.75 Å². The second-order valence-corrected chi connectivity index (χ2v) is 5.68. The number of hydrogen-bond acceptors (Lipinski definition) is 4. The number of halogens is 1. The molecule has 1 aromatic carbocycles. The van der Waals surface area contributed by atoms with Crippen molar-refractivity contribution in [2.24, 2.45) is 0 Å². The molecule has 22 heavy (non-hydrogen) atoms. The lowest BCUT2D eigenvalue weighted by atomic mass is 9.98. The van der Waals surface area contributed by atoms with Gasteiger partial charge in [-0.25, -0.2) is 0 Å². The molecule has 122 valence electrons. The Balaban J connectivity index is 2.83. The average Bonchev–Trinajstić information content (AvgIpc) is 2.37. The van der Waals surface area contributed by atoms with Gasteiger partial charge in [-0.3, -0.25) is 9.59 Å². The molecule has 1 amide bonds. The van der Waals surface area contributed by atoms with Crippen molar-refractivity contribution in [2.45, 2.75) is 25.3 Å². The van der Waals surface area contributed by atoms with Crippen LogP contribution >= 0.6 is 11.6 Å². The van der Waals surface area contributed by atoms with Crippen molar-refractivity contribution in [1.29, 1.82) is 0 Å². The predicted molar refractivity (Wildman–Crippen MR) is 82.4 cm³/mol. The zero-order valence-electron chi connectivity index (χ0n) is 12.8. The van der Waals surface area contributed by atoms with Crippen molar-refractivity contribution < 1.29 is 24.2 Å². The summed E-state index contributed by atoms with van der Waals surface area (Å²) in [5, 5.41) is 12.1. The zero-order chi connectivity index (χ0) is 16.8. The van der Waals surface area contributed by atoms with Crippen molar-refractivity contribution in [3.05, 3.63) is 28.8 Å². The Kier molecular flexibility index (Phi) is 6.64. The number of carboxylic acids is 1. The van der Waals surface area contributed by atoms with Crippen LogP contribution in [0.25, 0.3) is 0 Å². The number of methoxy groups -OCH3 is 2. The van der Waals surface area contributed by atoms with Crippen LogP contribution in [0.15, 0.2) is 18.2 Å². The Labute approximate surface area is 134 Å². The van der Waals surface area contributed by atoms with E-state index in [1.54, 1.807) is 25.1 Å². The van der Waals surface area contributed by atoms with E-state index in [0.717, 1.165) is 0 Å². The van der Waals surface area contributed by atoms with Gasteiger partial charge in [0, 0.05) is 17.7 Å². The Morgan fingerprint density at radius 1 is 1.36 bits per heavy atom. The first-order valence-electron chi connectivity index (χ1n) is 6.64. The summed E-state index contributed by atoms with van der Waals surface area (Å²) >= 11 is 5.92. The quantitative estimate of drug-likeness (QED) is 0.760. The summed E-state index contributed by atoms with van der Waals surface area (Å²) in [7, 11) is 2.95. The molecule has 0 aliphatic heterocycles. The topological polar surface area (TPSA) is 84.9 Å². The van der Waals surface area contributed by atoms with Crippen LogP contribution in [0.1, 0.15) is 18.9 Å². The third kappa shape index (κ3) is 5.54. The normalized spacial score (nSPS) is 13.3. The first-order valence-corrected chi connectivity index (χ1v) is 7.01. The highest BCUT2D eigenvalue weighted by molar-refractivity contribution is 6.30. The number of carbonyl (C=O) groups excluding carboxylic acids is 1. The number of carbonyl (C=O) groups is 2. The van der Waals surface area contributed by atoms with Crippen LogP contribution in [0, 0.1) is 0 Å². The maximum Gasteiger partial charge on any atom is 0.305 e. The van der Waals surface area contributed by atoms with Gasteiger partial charge in [0.05, 0.1) is 32.1 Å². The Morgan fingerprint density at radius 3 is 2.59 bits per heavy atom. The second kappa shape index (κ2) is 8.00. The van der Waals surface area contributed by atoms with E-state index >= 15 is 0 Å². The molecule has 0 aliphatic rings. The highest BCUT2D eigenvalue weighted by atomic mass is 35.5. The van der Waals surface area contributed by atoms with E-state index in [1.807, 2.05) is 0 Å². The number of nitrogens with one attached hydrogen (secondary N) is 1. The van der Waals surface area contributed by atoms with E-state index in [2.05, 4.69) is 5.32 Å². The third-order valence-electron chi connectivity index (χ3n) is 3.04. The molecule has 0 saturated carbocycles. The largest absolute Gasteiger partial charge is 0.496 e. The molecule has 0 radical (unpaired) electrons. The number of benzene rings is 1. The van der Waals surface area contributed by atoms with E-state index in [0.29, 0.717) is 16.3 Å². The molecule has 0 fully saturated rings. The van der Waals surface area contributed by atoms with Gasteiger partial charge in [0.15, 0.2) is 0 Å². The maximum atomic E-state index is 12.2. The number of hydrogen-bond donors (Lipinski definition) is 2. The Hall–Kier alpha value is -1.79. The molecule has 0 bridgehead atoms. The fourth-order valence-electron chi connectivity index (χ4n) is 2.22. The SMILES string of the molecule is COCC(C)(CC(=O)O)NC(=O)Cc1cc(Cl)ccc1OC. The van der Waals surface area contributed by atoms with Gasteiger partial charge in [-0.2, -0.15) is 0 Å². The molecule has 2 N–H and O–H groups in total. The standard InChI is InChI=1S/C15H20ClNO5/c1-15(9-21-2,8-14(19)20)17-13(18)7-10-6-11(16)4-5-12(10)22-3/h4-6H,7-9H2,1-3H3,(H,17,18)(H,19,20). The summed E-state index contributed by atoms with van der Waals surface area (Å²) in [6.45, 7) is 1.72. The summed E-state index contributed by atoms with van der Waals surface area (Å²) in [6, 6.07) is 4.99. The molecule has 1 aromatic rings. The molecule has 1 unspecified atom stereocenters. The van der Waals surface area contributed by atoms with Gasteiger partial charge in [0.1, 0.15) is 5.75 Å². The number of ether oxygens (including phenoxy) is 2. The first-order chi connectivity index (χ1) is 10.3. The summed E-state index contributed by atoms with van der Waals surface area (Å²) < 4.78 is 10.2. The van der Waals surface area contributed by atoms with E-state index in [9.17, 15) is 9.59 Å². The van der Waals surface area contributed by atoms with Gasteiger partial charge in [0.25, 0.3) is 0 Å². The minimum atomic E-state index is -1.01. The summed E-state index contributed by atoms with van der Waals surface area (Å²) in [6.07, 6.45) is -0.206. The molecular weight excluding hydrogens is 310 g/mol. The lowest BCUT2D eigenvalue weighted by molar-refractivity contribution is -0.139. The molecule has 0 aliphatic carbocycles. The maximum absolute atomic E-state index is 12.2. The average molecular weight is 330 g/mol. The molecule has 0 saturated heterocycles. The van der Waals surface area contributed by atoms with Crippen LogP contribution in [0.3, 0.4) is 0 Å². The van der Waals surface area contributed by atoms with Gasteiger partial charge in [-0.1, -0.05) is 11.6 Å². The second-order valence-electron chi connectivity index (χ2n) is 5.25. The smallest absolute Gasteiger partial charge is 0.305 e. The molecule has 1 atom stereocenters. The monoisotopic (exact) mass is 329 g/mol. The molecule has 0 aromatic heterocycles. The fraction of sp³-hybridized carbons (Fsp3) is 0.467. The molecule has 0 heterocycles. The number of rotatable bonds is 8. The number of aliphatic carboxylic acids is 1. The zero-order valence-corrected chi connectivity index (χ0v) is 13.6.